The summed E-state index contributed by atoms with van der Waals surface area (Å²) in [6.07, 6.45) is 11.4. The Balaban J connectivity index is 2.00. The molecule has 0 aromatic rings. The third-order valence-corrected chi connectivity index (χ3v) is 10.3. The molecule has 1 fully saturated rings. The first kappa shape index (κ1) is 18.2. The van der Waals surface area contributed by atoms with Crippen LogP contribution in [0.2, 0.25) is 18.1 Å². The molecule has 0 amide bonds. The van der Waals surface area contributed by atoms with Gasteiger partial charge in [0.2, 0.25) is 0 Å². The molecule has 2 atom stereocenters. The smallest absolute Gasteiger partial charge is 0.191 e. The second kappa shape index (κ2) is 7.98. The molecule has 2 heteroatoms. The number of unbranched alkanes of at least 4 members (excludes halogenated alkanes) is 3. The molecule has 20 heavy (non-hydrogen) atoms. The summed E-state index contributed by atoms with van der Waals surface area (Å²) in [5, 5.41) is 0.353. The topological polar surface area (TPSA) is 9.23 Å². The molecule has 1 aliphatic rings. The zero-order valence-corrected chi connectivity index (χ0v) is 15.9. The van der Waals surface area contributed by atoms with Gasteiger partial charge in [-0.15, -0.1) is 0 Å². The molecule has 0 aromatic heterocycles. The molecule has 0 bridgehead atoms. The molecule has 2 unspecified atom stereocenters. The Morgan fingerprint density at radius 1 is 1.00 bits per heavy atom. The second-order valence-electron chi connectivity index (χ2n) is 8.48. The van der Waals surface area contributed by atoms with Gasteiger partial charge in [0.15, 0.2) is 8.32 Å². The van der Waals surface area contributed by atoms with E-state index >= 15 is 0 Å². The molecule has 1 rings (SSSR count). The van der Waals surface area contributed by atoms with Gasteiger partial charge < -0.3 is 4.43 Å². The minimum absolute atomic E-state index is 0.353. The Morgan fingerprint density at radius 2 is 1.65 bits per heavy atom. The van der Waals surface area contributed by atoms with Gasteiger partial charge in [0.05, 0.1) is 0 Å². The fourth-order valence-electron chi connectivity index (χ4n) is 3.06. The van der Waals surface area contributed by atoms with E-state index in [1.165, 1.54) is 51.4 Å². The van der Waals surface area contributed by atoms with Crippen LogP contribution in [-0.4, -0.2) is 14.9 Å². The minimum Gasteiger partial charge on any atom is -0.417 e. The molecule has 0 radical (unpaired) electrons. The van der Waals surface area contributed by atoms with Crippen molar-refractivity contribution < 1.29 is 4.43 Å². The van der Waals surface area contributed by atoms with Crippen LogP contribution in [0.1, 0.15) is 79.1 Å². The van der Waals surface area contributed by atoms with Crippen molar-refractivity contribution >= 4 is 8.32 Å². The van der Waals surface area contributed by atoms with Gasteiger partial charge in [-0.1, -0.05) is 72.6 Å². The Labute approximate surface area is 129 Å². The summed E-state index contributed by atoms with van der Waals surface area (Å²) in [6, 6.07) is 0. The summed E-state index contributed by atoms with van der Waals surface area (Å²) in [6.45, 7) is 15.1. The fourth-order valence-corrected chi connectivity index (χ4v) is 4.14. The third-order valence-electron chi connectivity index (χ3n) is 5.78. The predicted octanol–water partition coefficient (Wildman–Crippen LogP) is 6.39. The van der Waals surface area contributed by atoms with Gasteiger partial charge in [0.25, 0.3) is 0 Å². The lowest BCUT2D eigenvalue weighted by atomic mass is 9.92. The van der Waals surface area contributed by atoms with Gasteiger partial charge in [-0.3, -0.25) is 0 Å². The van der Waals surface area contributed by atoms with Crippen LogP contribution in [0.25, 0.3) is 0 Å². The Bertz CT molecular complexity index is 267. The van der Waals surface area contributed by atoms with Crippen molar-refractivity contribution in [3.8, 4) is 0 Å². The van der Waals surface area contributed by atoms with E-state index in [-0.39, 0.29) is 0 Å². The summed E-state index contributed by atoms with van der Waals surface area (Å²) >= 11 is 0. The van der Waals surface area contributed by atoms with Crippen LogP contribution in [0.15, 0.2) is 0 Å². The molecule has 1 saturated carbocycles. The van der Waals surface area contributed by atoms with E-state index < -0.39 is 8.32 Å². The summed E-state index contributed by atoms with van der Waals surface area (Å²) in [5.74, 6) is 2.04. The van der Waals surface area contributed by atoms with Gasteiger partial charge in [0, 0.05) is 6.61 Å². The maximum Gasteiger partial charge on any atom is 0.191 e. The lowest BCUT2D eigenvalue weighted by molar-refractivity contribution is 0.276. The van der Waals surface area contributed by atoms with Crippen molar-refractivity contribution in [3.05, 3.63) is 0 Å². The molecule has 1 aliphatic carbocycles. The predicted molar refractivity (Wildman–Crippen MR) is 92.7 cm³/mol. The highest BCUT2D eigenvalue weighted by Gasteiger charge is 2.36. The molecule has 0 N–H and O–H groups in total. The summed E-state index contributed by atoms with van der Waals surface area (Å²) in [7, 11) is -1.50. The van der Waals surface area contributed by atoms with E-state index in [4.69, 9.17) is 4.43 Å². The second-order valence-corrected chi connectivity index (χ2v) is 13.3. The van der Waals surface area contributed by atoms with Crippen LogP contribution in [0.3, 0.4) is 0 Å². The lowest BCUT2D eigenvalue weighted by Crippen LogP contribution is -2.40. The van der Waals surface area contributed by atoms with Gasteiger partial charge in [-0.05, 0) is 36.4 Å². The van der Waals surface area contributed by atoms with Gasteiger partial charge >= 0.3 is 0 Å². The number of hydrogen-bond donors (Lipinski definition) is 0. The van der Waals surface area contributed by atoms with Crippen LogP contribution in [0.4, 0.5) is 0 Å². The molecule has 120 valence electrons. The number of hydrogen-bond acceptors (Lipinski definition) is 1. The van der Waals surface area contributed by atoms with Crippen LogP contribution in [-0.2, 0) is 4.43 Å². The average molecular weight is 299 g/mol. The average Bonchev–Trinajstić information content (AvgIpc) is 2.72. The van der Waals surface area contributed by atoms with E-state index in [2.05, 4.69) is 40.8 Å². The van der Waals surface area contributed by atoms with Crippen LogP contribution in [0.5, 0.6) is 0 Å². The molecule has 0 heterocycles. The standard InChI is InChI=1S/C18H38OSi/c1-16-12-11-14-17(16)13-9-7-8-10-15-19-20(5,6)18(2,3)4/h16-17H,7-15H2,1-6H3. The Morgan fingerprint density at radius 3 is 2.20 bits per heavy atom. The highest BCUT2D eigenvalue weighted by atomic mass is 28.4. The molecular formula is C18H38OSi. The van der Waals surface area contributed by atoms with Crippen molar-refractivity contribution in [1.29, 1.82) is 0 Å². The van der Waals surface area contributed by atoms with Gasteiger partial charge in [0.1, 0.15) is 0 Å². The highest BCUT2D eigenvalue weighted by Crippen LogP contribution is 2.37. The maximum atomic E-state index is 6.23. The first-order valence-electron chi connectivity index (χ1n) is 8.88. The first-order chi connectivity index (χ1) is 9.24. The molecule has 0 aromatic carbocycles. The highest BCUT2D eigenvalue weighted by molar-refractivity contribution is 6.74. The summed E-state index contributed by atoms with van der Waals surface area (Å²) in [5.41, 5.74) is 0. The van der Waals surface area contributed by atoms with Crippen LogP contribution < -0.4 is 0 Å². The normalized spacial score (nSPS) is 24.3. The van der Waals surface area contributed by atoms with Crippen LogP contribution >= 0.6 is 0 Å². The van der Waals surface area contributed by atoms with Crippen molar-refractivity contribution in [2.24, 2.45) is 11.8 Å². The quantitative estimate of drug-likeness (QED) is 0.372. The Kier molecular flexibility index (Phi) is 7.27. The summed E-state index contributed by atoms with van der Waals surface area (Å²) < 4.78 is 6.23. The molecular weight excluding hydrogens is 260 g/mol. The summed E-state index contributed by atoms with van der Waals surface area (Å²) in [4.78, 5) is 0. The lowest BCUT2D eigenvalue weighted by Gasteiger charge is -2.36. The SMILES string of the molecule is CC1CCCC1CCCCCCO[Si](C)(C)C(C)(C)C. The Hall–Kier alpha value is 0.177. The zero-order chi connectivity index (χ0) is 15.2. The van der Waals surface area contributed by atoms with E-state index in [9.17, 15) is 0 Å². The van der Waals surface area contributed by atoms with Crippen molar-refractivity contribution in [3.63, 3.8) is 0 Å². The maximum absolute atomic E-state index is 6.23. The van der Waals surface area contributed by atoms with Crippen LogP contribution in [0, 0.1) is 11.8 Å². The van der Waals surface area contributed by atoms with E-state index in [1.807, 2.05) is 0 Å². The minimum atomic E-state index is -1.50. The third kappa shape index (κ3) is 5.89. The van der Waals surface area contributed by atoms with Crippen molar-refractivity contribution in [1.82, 2.24) is 0 Å². The van der Waals surface area contributed by atoms with E-state index in [0.29, 0.717) is 5.04 Å². The fraction of sp³-hybridized carbons (Fsp3) is 1.00. The first-order valence-corrected chi connectivity index (χ1v) is 11.8. The monoisotopic (exact) mass is 298 g/mol. The number of rotatable bonds is 8. The zero-order valence-electron chi connectivity index (χ0n) is 14.9. The molecule has 0 spiro atoms. The van der Waals surface area contributed by atoms with E-state index in [1.54, 1.807) is 0 Å². The molecule has 1 nitrogen and oxygen atoms in total. The largest absolute Gasteiger partial charge is 0.417 e. The van der Waals surface area contributed by atoms with E-state index in [0.717, 1.165) is 18.4 Å². The molecule has 0 saturated heterocycles. The molecule has 0 aliphatic heterocycles. The van der Waals surface area contributed by atoms with Gasteiger partial charge in [-0.25, -0.2) is 0 Å². The van der Waals surface area contributed by atoms with Crippen molar-refractivity contribution in [2.45, 2.75) is 97.2 Å². The van der Waals surface area contributed by atoms with Crippen molar-refractivity contribution in [2.75, 3.05) is 6.61 Å². The van der Waals surface area contributed by atoms with Gasteiger partial charge in [-0.2, -0.15) is 0 Å².